The van der Waals surface area contributed by atoms with E-state index in [1.165, 1.54) is 48.5 Å². The lowest BCUT2D eigenvalue weighted by molar-refractivity contribution is 0.457. The van der Waals surface area contributed by atoms with Crippen LogP contribution in [0.15, 0.2) is 123 Å². The van der Waals surface area contributed by atoms with E-state index in [1.54, 1.807) is 0 Å². The van der Waals surface area contributed by atoms with E-state index in [-0.39, 0.29) is 9.79 Å². The predicted molar refractivity (Wildman–Crippen MR) is 141 cm³/mol. The lowest BCUT2D eigenvalue weighted by atomic mass is 10.3. The van der Waals surface area contributed by atoms with E-state index < -0.39 is 60.6 Å². The summed E-state index contributed by atoms with van der Waals surface area (Å²) < 4.78 is 80.5. The first kappa shape index (κ1) is 27.3. The van der Waals surface area contributed by atoms with Crippen molar-refractivity contribution in [1.82, 2.24) is 0 Å². The van der Waals surface area contributed by atoms with Gasteiger partial charge in [-0.3, -0.25) is 0 Å². The Labute approximate surface area is 230 Å². The number of benzene rings is 4. The number of halogens is 2. The lowest BCUT2D eigenvalue weighted by Crippen LogP contribution is -2.08. The summed E-state index contributed by atoms with van der Waals surface area (Å²) in [6, 6.07) is 16.6. The molecule has 4 rings (SSSR count). The molecule has 13 heteroatoms. The molecule has 0 heterocycles. The standard InChI is InChI=1S/C24H16Br2O8S3/c25-15-1-5-17(6-2-15)36(31,32)23-13-19(9-11-21(23)27)35(29,30)20-10-12-22(28)24(14-20)37(33,34)18-7-3-16(26)4-8-18/h1-14,27-28H. The van der Waals surface area contributed by atoms with Crippen molar-refractivity contribution >= 4 is 61.4 Å². The minimum absolute atomic E-state index is 0.173. The molecule has 0 radical (unpaired) electrons. The molecule has 0 saturated heterocycles. The first-order valence-electron chi connectivity index (χ1n) is 10.2. The topological polar surface area (TPSA) is 143 Å². The van der Waals surface area contributed by atoms with Gasteiger partial charge in [0, 0.05) is 8.95 Å². The van der Waals surface area contributed by atoms with Gasteiger partial charge in [-0.25, -0.2) is 25.3 Å². The first-order valence-corrected chi connectivity index (χ1v) is 16.2. The third-order valence-electron chi connectivity index (χ3n) is 5.31. The molecule has 0 amide bonds. The summed E-state index contributed by atoms with van der Waals surface area (Å²) in [7, 11) is -13.1. The van der Waals surface area contributed by atoms with Crippen LogP contribution in [0.25, 0.3) is 0 Å². The van der Waals surface area contributed by atoms with Crippen LogP contribution in [0, 0.1) is 0 Å². The SMILES string of the molecule is O=S(=O)(c1ccc(O)c(S(=O)(=O)c2ccc(Br)cc2)c1)c1ccc(O)c(S(=O)(=O)c2ccc(Br)cc2)c1. The highest BCUT2D eigenvalue weighted by atomic mass is 79.9. The normalized spacial score (nSPS) is 12.4. The highest BCUT2D eigenvalue weighted by Crippen LogP contribution is 2.36. The monoisotopic (exact) mass is 686 g/mol. The summed E-state index contributed by atoms with van der Waals surface area (Å²) in [4.78, 5) is -2.63. The van der Waals surface area contributed by atoms with Crippen molar-refractivity contribution in [1.29, 1.82) is 0 Å². The van der Waals surface area contributed by atoms with Crippen molar-refractivity contribution in [2.24, 2.45) is 0 Å². The quantitative estimate of drug-likeness (QED) is 0.284. The Bertz CT molecular complexity index is 1700. The molecule has 0 unspecified atom stereocenters. The molecule has 4 aromatic rings. The second-order valence-electron chi connectivity index (χ2n) is 7.68. The van der Waals surface area contributed by atoms with Gasteiger partial charge in [-0.1, -0.05) is 31.9 Å². The van der Waals surface area contributed by atoms with Crippen LogP contribution in [0.3, 0.4) is 0 Å². The highest BCUT2D eigenvalue weighted by molar-refractivity contribution is 9.10. The maximum absolute atomic E-state index is 13.4. The Kier molecular flexibility index (Phi) is 7.29. The molecule has 0 bridgehead atoms. The lowest BCUT2D eigenvalue weighted by Gasteiger charge is -2.12. The molecule has 0 aromatic heterocycles. The zero-order chi connectivity index (χ0) is 27.2. The van der Waals surface area contributed by atoms with Crippen LogP contribution in [-0.4, -0.2) is 35.5 Å². The van der Waals surface area contributed by atoms with Gasteiger partial charge < -0.3 is 10.2 Å². The highest BCUT2D eigenvalue weighted by Gasteiger charge is 2.29. The molecule has 2 N–H and O–H groups in total. The summed E-state index contributed by atoms with van der Waals surface area (Å²) in [5.41, 5.74) is 0. The average molecular weight is 688 g/mol. The van der Waals surface area contributed by atoms with Crippen molar-refractivity contribution in [3.05, 3.63) is 93.9 Å². The van der Waals surface area contributed by atoms with Crippen LogP contribution < -0.4 is 0 Å². The van der Waals surface area contributed by atoms with E-state index in [0.717, 1.165) is 36.4 Å². The van der Waals surface area contributed by atoms with Crippen molar-refractivity contribution in [2.75, 3.05) is 0 Å². The number of hydrogen-bond acceptors (Lipinski definition) is 8. The molecule has 192 valence electrons. The molecule has 0 aliphatic carbocycles. The van der Waals surface area contributed by atoms with Gasteiger partial charge in [-0.05, 0) is 84.9 Å². The van der Waals surface area contributed by atoms with E-state index in [4.69, 9.17) is 0 Å². The first-order chi connectivity index (χ1) is 17.2. The second kappa shape index (κ2) is 9.87. The Morgan fingerprint density at radius 2 is 0.730 bits per heavy atom. The average Bonchev–Trinajstić information content (AvgIpc) is 2.84. The maximum atomic E-state index is 13.4. The van der Waals surface area contributed by atoms with E-state index in [2.05, 4.69) is 31.9 Å². The zero-order valence-corrected chi connectivity index (χ0v) is 24.0. The number of phenols is 2. The smallest absolute Gasteiger partial charge is 0.210 e. The number of phenolic OH excluding ortho intramolecular Hbond substituents is 2. The van der Waals surface area contributed by atoms with Crippen LogP contribution in [0.4, 0.5) is 0 Å². The fraction of sp³-hybridized carbons (Fsp3) is 0. The number of rotatable bonds is 6. The summed E-state index contributed by atoms with van der Waals surface area (Å²) in [6.07, 6.45) is 0. The van der Waals surface area contributed by atoms with Gasteiger partial charge in [-0.2, -0.15) is 0 Å². The summed E-state index contributed by atoms with van der Waals surface area (Å²) in [6.45, 7) is 0. The Morgan fingerprint density at radius 3 is 1.05 bits per heavy atom. The van der Waals surface area contributed by atoms with E-state index >= 15 is 0 Å². The molecule has 37 heavy (non-hydrogen) atoms. The van der Waals surface area contributed by atoms with Crippen LogP contribution >= 0.6 is 31.9 Å². The molecule has 0 saturated carbocycles. The molecule has 0 aliphatic rings. The zero-order valence-electron chi connectivity index (χ0n) is 18.4. The molecule has 0 fully saturated rings. The minimum atomic E-state index is -4.48. The largest absolute Gasteiger partial charge is 0.507 e. The van der Waals surface area contributed by atoms with Gasteiger partial charge >= 0.3 is 0 Å². The van der Waals surface area contributed by atoms with Crippen LogP contribution in [0.2, 0.25) is 0 Å². The molecule has 8 nitrogen and oxygen atoms in total. The molecule has 0 spiro atoms. The van der Waals surface area contributed by atoms with E-state index in [1.807, 2.05) is 0 Å². The van der Waals surface area contributed by atoms with Gasteiger partial charge in [0.1, 0.15) is 21.3 Å². The number of hydrogen-bond donors (Lipinski definition) is 2. The van der Waals surface area contributed by atoms with Gasteiger partial charge in [0.2, 0.25) is 29.5 Å². The van der Waals surface area contributed by atoms with E-state index in [9.17, 15) is 35.5 Å². The Morgan fingerprint density at radius 1 is 0.432 bits per heavy atom. The summed E-state index contributed by atoms with van der Waals surface area (Å²) in [5.74, 6) is -1.32. The fourth-order valence-corrected chi connectivity index (χ4v) is 8.11. The number of sulfone groups is 3. The van der Waals surface area contributed by atoms with Crippen LogP contribution in [0.5, 0.6) is 11.5 Å². The summed E-state index contributed by atoms with van der Waals surface area (Å²) >= 11 is 6.41. The van der Waals surface area contributed by atoms with Gasteiger partial charge in [0.15, 0.2) is 0 Å². The van der Waals surface area contributed by atoms with Crippen molar-refractivity contribution in [2.45, 2.75) is 29.4 Å². The van der Waals surface area contributed by atoms with Crippen LogP contribution in [0.1, 0.15) is 0 Å². The van der Waals surface area contributed by atoms with Crippen molar-refractivity contribution < 1.29 is 35.5 Å². The third-order valence-corrected chi connectivity index (χ3v) is 11.7. The fourth-order valence-electron chi connectivity index (χ4n) is 3.37. The van der Waals surface area contributed by atoms with Crippen molar-refractivity contribution in [3.63, 3.8) is 0 Å². The minimum Gasteiger partial charge on any atom is -0.507 e. The summed E-state index contributed by atoms with van der Waals surface area (Å²) in [5, 5.41) is 20.5. The van der Waals surface area contributed by atoms with Crippen molar-refractivity contribution in [3.8, 4) is 11.5 Å². The van der Waals surface area contributed by atoms with Crippen LogP contribution in [-0.2, 0) is 29.5 Å². The Balaban J connectivity index is 1.83. The second-order valence-corrected chi connectivity index (χ2v) is 15.3. The predicted octanol–water partition coefficient (Wildman–Crippen LogP) is 5.12. The number of aromatic hydroxyl groups is 2. The maximum Gasteiger partial charge on any atom is 0.210 e. The van der Waals surface area contributed by atoms with E-state index in [0.29, 0.717) is 8.95 Å². The van der Waals surface area contributed by atoms with Gasteiger partial charge in [0.05, 0.1) is 19.6 Å². The molecular weight excluding hydrogens is 672 g/mol. The van der Waals surface area contributed by atoms with Gasteiger partial charge in [0.25, 0.3) is 0 Å². The molecular formula is C24H16Br2O8S3. The molecule has 0 aliphatic heterocycles. The molecule has 4 aromatic carbocycles. The van der Waals surface area contributed by atoms with Gasteiger partial charge in [-0.15, -0.1) is 0 Å². The third kappa shape index (κ3) is 5.18. The molecule has 0 atom stereocenters. The Hall–Kier alpha value is -2.71.